The lowest BCUT2D eigenvalue weighted by Gasteiger charge is -2.40. The summed E-state index contributed by atoms with van der Waals surface area (Å²) in [6.45, 7) is 9.63. The second-order valence-electron chi connectivity index (χ2n) is 15.9. The highest BCUT2D eigenvalue weighted by Crippen LogP contribution is 2.38. The molecule has 1 aromatic heterocycles. The summed E-state index contributed by atoms with van der Waals surface area (Å²) in [5.74, 6) is 0.486. The van der Waals surface area contributed by atoms with Gasteiger partial charge in [-0.2, -0.15) is 5.26 Å². The van der Waals surface area contributed by atoms with Crippen molar-refractivity contribution < 1.29 is 14.4 Å². The summed E-state index contributed by atoms with van der Waals surface area (Å²) in [7, 11) is 0. The summed E-state index contributed by atoms with van der Waals surface area (Å²) in [6, 6.07) is 21.1. The number of piperidine rings is 3. The number of benzene rings is 3. The normalized spacial score (nSPS) is 21.7. The summed E-state index contributed by atoms with van der Waals surface area (Å²) in [5.41, 5.74) is 8.17. The second-order valence-corrected chi connectivity index (χ2v) is 16.4. The Hall–Kier alpha value is -5.05. The number of carbonyl (C=O) groups excluding carboxylic acids is 3. The summed E-state index contributed by atoms with van der Waals surface area (Å²) >= 11 is 6.46. The Labute approximate surface area is 326 Å². The zero-order valence-corrected chi connectivity index (χ0v) is 31.9. The molecule has 55 heavy (non-hydrogen) atoms. The average molecular weight is 759 g/mol. The number of H-pyrrole nitrogens is 1. The average Bonchev–Trinajstić information content (AvgIpc) is 3.80. The lowest BCUT2D eigenvalue weighted by atomic mass is 9.89. The summed E-state index contributed by atoms with van der Waals surface area (Å²) in [5, 5.41) is 13.3. The van der Waals surface area contributed by atoms with Crippen LogP contribution in [0, 0.1) is 17.2 Å². The van der Waals surface area contributed by atoms with Gasteiger partial charge in [-0.25, -0.2) is 0 Å². The molecule has 0 spiro atoms. The van der Waals surface area contributed by atoms with E-state index in [1.165, 1.54) is 24.1 Å². The number of hydrogen-bond acceptors (Lipinski definition) is 8. The highest BCUT2D eigenvalue weighted by atomic mass is 35.5. The van der Waals surface area contributed by atoms with Crippen molar-refractivity contribution >= 4 is 57.3 Å². The zero-order valence-electron chi connectivity index (χ0n) is 31.1. The van der Waals surface area contributed by atoms with Crippen LogP contribution in [-0.4, -0.2) is 97.4 Å². The van der Waals surface area contributed by atoms with E-state index in [-0.39, 0.29) is 24.1 Å². The molecule has 9 rings (SSSR count). The van der Waals surface area contributed by atoms with Gasteiger partial charge in [0.25, 0.3) is 5.91 Å². The van der Waals surface area contributed by atoms with Crippen molar-refractivity contribution in [2.45, 2.75) is 57.0 Å². The maximum Gasteiger partial charge on any atom is 0.255 e. The number of amides is 3. The summed E-state index contributed by atoms with van der Waals surface area (Å²) in [6.07, 6.45) is 6.99. The Balaban J connectivity index is 0.724. The Morgan fingerprint density at radius 3 is 2.22 bits per heavy atom. The van der Waals surface area contributed by atoms with E-state index in [4.69, 9.17) is 11.6 Å². The lowest BCUT2D eigenvalue weighted by molar-refractivity contribution is -0.136. The maximum absolute atomic E-state index is 13.1. The first-order chi connectivity index (χ1) is 26.8. The molecule has 6 heterocycles. The number of aromatic amines is 1. The van der Waals surface area contributed by atoms with Crippen LogP contribution in [-0.2, 0) is 16.1 Å². The Kier molecular flexibility index (Phi) is 9.65. The van der Waals surface area contributed by atoms with E-state index < -0.39 is 6.04 Å². The Bertz CT molecular complexity index is 2150. The van der Waals surface area contributed by atoms with Gasteiger partial charge in [-0.1, -0.05) is 23.7 Å². The lowest BCUT2D eigenvalue weighted by Crippen LogP contribution is -2.52. The number of rotatable bonds is 7. The monoisotopic (exact) mass is 758 g/mol. The molecule has 4 fully saturated rings. The van der Waals surface area contributed by atoms with Gasteiger partial charge in [0.05, 0.1) is 21.8 Å². The highest BCUT2D eigenvalue weighted by Gasteiger charge is 2.39. The smallest absolute Gasteiger partial charge is 0.255 e. The van der Waals surface area contributed by atoms with E-state index in [1.807, 2.05) is 18.2 Å². The molecule has 5 aliphatic heterocycles. The van der Waals surface area contributed by atoms with Gasteiger partial charge in [0.2, 0.25) is 11.8 Å². The van der Waals surface area contributed by atoms with E-state index in [0.29, 0.717) is 41.0 Å². The van der Waals surface area contributed by atoms with Gasteiger partial charge >= 0.3 is 0 Å². The molecular formula is C43H47ClN8O3. The quantitative estimate of drug-likeness (QED) is 0.225. The molecule has 11 nitrogen and oxygen atoms in total. The summed E-state index contributed by atoms with van der Waals surface area (Å²) in [4.78, 5) is 52.1. The largest absolute Gasteiger partial charge is 0.372 e. The second kappa shape index (κ2) is 14.9. The third kappa shape index (κ3) is 6.91. The molecule has 0 unspecified atom stereocenters. The number of carbonyl (C=O) groups is 3. The number of nitrogens with one attached hydrogen (secondary N) is 2. The minimum Gasteiger partial charge on any atom is -0.372 e. The number of anilines is 3. The van der Waals surface area contributed by atoms with Gasteiger partial charge in [0.15, 0.2) is 0 Å². The van der Waals surface area contributed by atoms with Crippen molar-refractivity contribution in [3.05, 3.63) is 88.1 Å². The number of halogens is 1. The fourth-order valence-corrected chi connectivity index (χ4v) is 9.90. The molecule has 284 valence electrons. The molecule has 3 amide bonds. The molecule has 4 aromatic rings. The van der Waals surface area contributed by atoms with Crippen LogP contribution in [0.2, 0.25) is 5.02 Å². The fraction of sp³-hybridized carbons (Fsp3) is 0.442. The molecular weight excluding hydrogens is 712 g/mol. The van der Waals surface area contributed by atoms with Gasteiger partial charge in [-0.15, -0.1) is 0 Å². The zero-order chi connectivity index (χ0) is 37.6. The molecule has 0 bridgehead atoms. The van der Waals surface area contributed by atoms with E-state index in [9.17, 15) is 19.6 Å². The Morgan fingerprint density at radius 2 is 1.49 bits per heavy atom. The third-order valence-corrected chi connectivity index (χ3v) is 13.1. The van der Waals surface area contributed by atoms with Crippen molar-refractivity contribution in [1.82, 2.24) is 20.1 Å². The van der Waals surface area contributed by atoms with Crippen LogP contribution in [0.25, 0.3) is 10.9 Å². The molecule has 4 saturated heterocycles. The first-order valence-electron chi connectivity index (χ1n) is 19.9. The van der Waals surface area contributed by atoms with Gasteiger partial charge < -0.3 is 24.6 Å². The minimum absolute atomic E-state index is 0.122. The first-order valence-corrected chi connectivity index (χ1v) is 20.2. The van der Waals surface area contributed by atoms with Crippen molar-refractivity contribution in [2.75, 3.05) is 73.6 Å². The number of piperazine rings is 1. The van der Waals surface area contributed by atoms with Crippen molar-refractivity contribution in [3.63, 3.8) is 0 Å². The molecule has 12 heteroatoms. The minimum atomic E-state index is -0.585. The maximum atomic E-state index is 13.1. The molecule has 0 radical (unpaired) electrons. The topological polar surface area (TPSA) is 119 Å². The van der Waals surface area contributed by atoms with Crippen LogP contribution in [0.1, 0.15) is 71.5 Å². The SMILES string of the molecule is N#Cc1c[nH]c2c(N3CCC(c4ccc(N5CCC(CN6CCN(c7ccc8c(c7)CN([C@H]7CCC(=O)NC7=O)C8=O)CC6)CC5)cc4)CC3)ccc(Cl)c12. The number of hydrogen-bond donors (Lipinski definition) is 2. The van der Waals surface area contributed by atoms with E-state index >= 15 is 0 Å². The predicted molar refractivity (Wildman–Crippen MR) is 215 cm³/mol. The van der Waals surface area contributed by atoms with Crippen LogP contribution in [0.4, 0.5) is 17.1 Å². The van der Waals surface area contributed by atoms with E-state index in [2.05, 4.69) is 72.4 Å². The number of nitrogens with zero attached hydrogens (tertiary/aromatic N) is 6. The van der Waals surface area contributed by atoms with Crippen LogP contribution < -0.4 is 20.0 Å². The van der Waals surface area contributed by atoms with E-state index in [1.54, 1.807) is 11.1 Å². The van der Waals surface area contributed by atoms with Crippen molar-refractivity contribution in [3.8, 4) is 6.07 Å². The molecule has 1 atom stereocenters. The molecule has 3 aromatic carbocycles. The van der Waals surface area contributed by atoms with Crippen LogP contribution in [0.3, 0.4) is 0 Å². The highest BCUT2D eigenvalue weighted by molar-refractivity contribution is 6.36. The van der Waals surface area contributed by atoms with Crippen LogP contribution in [0.15, 0.2) is 60.8 Å². The van der Waals surface area contributed by atoms with Crippen molar-refractivity contribution in [2.24, 2.45) is 5.92 Å². The van der Waals surface area contributed by atoms with Crippen LogP contribution >= 0.6 is 11.6 Å². The van der Waals surface area contributed by atoms with Gasteiger partial charge in [-0.05, 0) is 97.5 Å². The van der Waals surface area contributed by atoms with Gasteiger partial charge in [0.1, 0.15) is 12.1 Å². The Morgan fingerprint density at radius 1 is 0.782 bits per heavy atom. The van der Waals surface area contributed by atoms with Crippen LogP contribution in [0.5, 0.6) is 0 Å². The fourth-order valence-electron chi connectivity index (χ4n) is 9.64. The predicted octanol–water partition coefficient (Wildman–Crippen LogP) is 5.88. The third-order valence-electron chi connectivity index (χ3n) is 12.8. The first kappa shape index (κ1) is 35.6. The number of imide groups is 1. The number of nitriles is 1. The number of aromatic nitrogens is 1. The standard InChI is InChI=1S/C43H47ClN8O3/c44-36-7-8-37(41-40(36)32(24-45)25-46-41)51-17-13-30(14-18-51)29-1-3-33(4-2-29)49-15-11-28(12-16-49)26-48-19-21-50(22-20-48)34-5-6-35-31(23-34)27-52(43(35)55)38-9-10-39(53)47-42(38)54/h1-8,23,25,28,30,38,46H,9-22,26-27H2,(H,47,53,54)/t38-/m0/s1. The van der Waals surface area contributed by atoms with Gasteiger partial charge in [-0.3, -0.25) is 24.6 Å². The van der Waals surface area contributed by atoms with Gasteiger partial charge in [0, 0.05) is 100 Å². The molecule has 0 saturated carbocycles. The van der Waals surface area contributed by atoms with E-state index in [0.717, 1.165) is 99.6 Å². The molecule has 2 N–H and O–H groups in total. The van der Waals surface area contributed by atoms with Crippen molar-refractivity contribution in [1.29, 1.82) is 5.26 Å². The summed E-state index contributed by atoms with van der Waals surface area (Å²) < 4.78 is 0. The molecule has 0 aliphatic carbocycles. The number of fused-ring (bicyclic) bond motifs is 2. The molecule has 5 aliphatic rings.